The SMILES string of the molecule is O=C1NN[C]c2ccccc21. The van der Waals surface area contributed by atoms with Crippen molar-refractivity contribution >= 4 is 5.91 Å². The van der Waals surface area contributed by atoms with Gasteiger partial charge in [-0.15, -0.1) is 0 Å². The van der Waals surface area contributed by atoms with Crippen LogP contribution in [0.1, 0.15) is 15.9 Å². The number of nitrogens with one attached hydrogen (secondary N) is 2. The molecule has 0 atom stereocenters. The Morgan fingerprint density at radius 1 is 1.27 bits per heavy atom. The van der Waals surface area contributed by atoms with Gasteiger partial charge in [-0.1, -0.05) is 18.2 Å². The fourth-order valence-corrected chi connectivity index (χ4v) is 1.01. The van der Waals surface area contributed by atoms with E-state index in [9.17, 15) is 4.79 Å². The van der Waals surface area contributed by atoms with Crippen LogP contribution >= 0.6 is 0 Å². The first-order valence-corrected chi connectivity index (χ1v) is 3.28. The minimum Gasteiger partial charge on any atom is -0.286 e. The lowest BCUT2D eigenvalue weighted by atomic mass is 10.1. The summed E-state index contributed by atoms with van der Waals surface area (Å²) in [6.07, 6.45) is 0. The Morgan fingerprint density at radius 2 is 2.09 bits per heavy atom. The Kier molecular flexibility index (Phi) is 1.36. The first kappa shape index (κ1) is 6.37. The summed E-state index contributed by atoms with van der Waals surface area (Å²) in [7, 11) is 0. The van der Waals surface area contributed by atoms with Gasteiger partial charge < -0.3 is 0 Å². The molecule has 1 aromatic rings. The van der Waals surface area contributed by atoms with Gasteiger partial charge in [0.1, 0.15) is 6.54 Å². The van der Waals surface area contributed by atoms with Gasteiger partial charge >= 0.3 is 0 Å². The molecule has 54 valence electrons. The molecule has 3 nitrogen and oxygen atoms in total. The molecule has 0 saturated heterocycles. The molecule has 0 saturated carbocycles. The molecule has 3 heteroatoms. The van der Waals surface area contributed by atoms with Gasteiger partial charge in [0.15, 0.2) is 0 Å². The van der Waals surface area contributed by atoms with Crippen molar-refractivity contribution < 1.29 is 4.79 Å². The fraction of sp³-hybridized carbons (Fsp3) is 0. The van der Waals surface area contributed by atoms with Crippen LogP contribution in [0.15, 0.2) is 24.3 Å². The van der Waals surface area contributed by atoms with Gasteiger partial charge in [0, 0.05) is 5.56 Å². The van der Waals surface area contributed by atoms with E-state index in [0.717, 1.165) is 5.56 Å². The second kappa shape index (κ2) is 2.36. The molecule has 1 aromatic carbocycles. The van der Waals surface area contributed by atoms with E-state index in [4.69, 9.17) is 0 Å². The lowest BCUT2D eigenvalue weighted by Gasteiger charge is -2.15. The number of carbonyl (C=O) groups is 1. The monoisotopic (exact) mass is 146 g/mol. The predicted octanol–water partition coefficient (Wildman–Crippen LogP) is 0.321. The van der Waals surface area contributed by atoms with E-state index >= 15 is 0 Å². The molecule has 1 aliphatic rings. The molecule has 0 unspecified atom stereocenters. The van der Waals surface area contributed by atoms with Crippen LogP contribution in [-0.4, -0.2) is 5.91 Å². The Bertz CT molecular complexity index is 296. The lowest BCUT2D eigenvalue weighted by molar-refractivity contribution is 0.0931. The van der Waals surface area contributed by atoms with Gasteiger partial charge in [-0.2, -0.15) is 0 Å². The smallest absolute Gasteiger partial charge is 0.265 e. The van der Waals surface area contributed by atoms with E-state index in [1.807, 2.05) is 18.2 Å². The number of hydrogen-bond acceptors (Lipinski definition) is 2. The third kappa shape index (κ3) is 0.991. The van der Waals surface area contributed by atoms with Crippen molar-refractivity contribution in [3.8, 4) is 0 Å². The number of carbonyl (C=O) groups excluding carboxylic acids is 1. The molecule has 0 aliphatic carbocycles. The summed E-state index contributed by atoms with van der Waals surface area (Å²) in [4.78, 5) is 11.1. The number of hydrogen-bond donors (Lipinski definition) is 2. The summed E-state index contributed by atoms with van der Waals surface area (Å²) in [5.41, 5.74) is 6.44. The lowest BCUT2D eigenvalue weighted by Crippen LogP contribution is -2.40. The van der Waals surface area contributed by atoms with Gasteiger partial charge in [0.25, 0.3) is 5.91 Å². The molecule has 2 N–H and O–H groups in total. The third-order valence-corrected chi connectivity index (χ3v) is 1.54. The molecule has 1 aliphatic heterocycles. The van der Waals surface area contributed by atoms with Crippen LogP contribution in [-0.2, 0) is 0 Å². The van der Waals surface area contributed by atoms with Gasteiger partial charge in [-0.05, 0) is 11.6 Å². The standard InChI is InChI=1S/C8H6N2O/c11-8-7-4-2-1-3-6(7)5-9-10-8/h1-4,9H,(H,10,11). The average molecular weight is 146 g/mol. The van der Waals surface area contributed by atoms with E-state index in [1.54, 1.807) is 6.07 Å². The maximum Gasteiger partial charge on any atom is 0.265 e. The van der Waals surface area contributed by atoms with Crippen molar-refractivity contribution in [3.63, 3.8) is 0 Å². The first-order valence-electron chi connectivity index (χ1n) is 3.28. The topological polar surface area (TPSA) is 41.1 Å². The Morgan fingerprint density at radius 3 is 2.91 bits per heavy atom. The molecule has 11 heavy (non-hydrogen) atoms. The molecule has 0 bridgehead atoms. The quantitative estimate of drug-likeness (QED) is 0.553. The molecule has 1 heterocycles. The molecular formula is C8H6N2O. The zero-order chi connectivity index (χ0) is 7.68. The van der Waals surface area contributed by atoms with E-state index in [0.29, 0.717) is 5.56 Å². The Labute approximate surface area is 64.4 Å². The molecule has 2 rings (SSSR count). The first-order chi connectivity index (χ1) is 5.38. The van der Waals surface area contributed by atoms with Crippen molar-refractivity contribution in [2.45, 2.75) is 0 Å². The molecule has 0 spiro atoms. The zero-order valence-electron chi connectivity index (χ0n) is 5.72. The highest BCUT2D eigenvalue weighted by atomic mass is 16.2. The van der Waals surface area contributed by atoms with E-state index in [-0.39, 0.29) is 5.91 Å². The number of benzene rings is 1. The van der Waals surface area contributed by atoms with Crippen LogP contribution in [0.25, 0.3) is 0 Å². The normalized spacial score (nSPS) is 15.5. The van der Waals surface area contributed by atoms with Crippen LogP contribution in [0.2, 0.25) is 0 Å². The van der Waals surface area contributed by atoms with Gasteiger partial charge in [-0.3, -0.25) is 10.2 Å². The van der Waals surface area contributed by atoms with E-state index in [2.05, 4.69) is 17.4 Å². The fourth-order valence-electron chi connectivity index (χ4n) is 1.01. The number of hydrazine groups is 1. The van der Waals surface area contributed by atoms with E-state index in [1.165, 1.54) is 0 Å². The Balaban J connectivity index is 2.52. The summed E-state index contributed by atoms with van der Waals surface area (Å²) < 4.78 is 0. The summed E-state index contributed by atoms with van der Waals surface area (Å²) in [6.45, 7) is 2.81. The van der Waals surface area contributed by atoms with Gasteiger partial charge in [0.2, 0.25) is 0 Å². The minimum absolute atomic E-state index is 0.112. The largest absolute Gasteiger partial charge is 0.286 e. The molecule has 0 aromatic heterocycles. The summed E-state index contributed by atoms with van der Waals surface area (Å²) >= 11 is 0. The molecule has 0 fully saturated rings. The third-order valence-electron chi connectivity index (χ3n) is 1.54. The van der Waals surface area contributed by atoms with Crippen molar-refractivity contribution in [1.82, 2.24) is 10.9 Å². The van der Waals surface area contributed by atoms with Crippen LogP contribution in [0.4, 0.5) is 0 Å². The van der Waals surface area contributed by atoms with Crippen molar-refractivity contribution in [2.24, 2.45) is 0 Å². The summed E-state index contributed by atoms with van der Waals surface area (Å²) in [5.74, 6) is -0.112. The van der Waals surface area contributed by atoms with Crippen LogP contribution in [0.5, 0.6) is 0 Å². The maximum absolute atomic E-state index is 11.1. The van der Waals surface area contributed by atoms with Crippen LogP contribution < -0.4 is 10.9 Å². The highest BCUT2D eigenvalue weighted by molar-refractivity contribution is 5.96. The van der Waals surface area contributed by atoms with E-state index < -0.39 is 0 Å². The van der Waals surface area contributed by atoms with Gasteiger partial charge in [0.05, 0.1) is 0 Å². The molecule has 1 amide bonds. The average Bonchev–Trinajstić information content (AvgIpc) is 2.06. The van der Waals surface area contributed by atoms with Gasteiger partial charge in [-0.25, -0.2) is 5.43 Å². The van der Waals surface area contributed by atoms with Crippen molar-refractivity contribution in [3.05, 3.63) is 41.9 Å². The highest BCUT2D eigenvalue weighted by Gasteiger charge is 2.14. The zero-order valence-corrected chi connectivity index (χ0v) is 5.72. The minimum atomic E-state index is -0.112. The van der Waals surface area contributed by atoms with Crippen molar-refractivity contribution in [2.75, 3.05) is 0 Å². The number of fused-ring (bicyclic) bond motifs is 1. The summed E-state index contributed by atoms with van der Waals surface area (Å²) in [6, 6.07) is 7.29. The predicted molar refractivity (Wildman–Crippen MR) is 39.4 cm³/mol. The second-order valence-electron chi connectivity index (χ2n) is 2.25. The molecular weight excluding hydrogens is 140 g/mol. The second-order valence-corrected chi connectivity index (χ2v) is 2.25. The van der Waals surface area contributed by atoms with Crippen LogP contribution in [0, 0.1) is 6.54 Å². The summed E-state index contributed by atoms with van der Waals surface area (Å²) in [5, 5.41) is 0. The molecule has 2 radical (unpaired) electrons. The maximum atomic E-state index is 11.1. The number of amides is 1. The van der Waals surface area contributed by atoms with Crippen molar-refractivity contribution in [1.29, 1.82) is 0 Å². The Hall–Kier alpha value is -1.35. The van der Waals surface area contributed by atoms with Crippen LogP contribution in [0.3, 0.4) is 0 Å². The highest BCUT2D eigenvalue weighted by Crippen LogP contribution is 2.11. The number of rotatable bonds is 0.